The van der Waals surface area contributed by atoms with E-state index in [1.165, 1.54) is 0 Å². The maximum Gasteiger partial charge on any atom is 0.394 e. The smallest absolute Gasteiger partial charge is 0.394 e. The molecule has 7 heteroatoms. The summed E-state index contributed by atoms with van der Waals surface area (Å²) in [5.41, 5.74) is 0. The summed E-state index contributed by atoms with van der Waals surface area (Å²) >= 11 is 5.16. The molecule has 0 aromatic heterocycles. The van der Waals surface area contributed by atoms with E-state index in [0.29, 0.717) is 0 Å². The molecule has 0 aliphatic rings. The summed E-state index contributed by atoms with van der Waals surface area (Å²) in [6, 6.07) is 0. The van der Waals surface area contributed by atoms with Crippen molar-refractivity contribution in [2.75, 3.05) is 19.0 Å². The van der Waals surface area contributed by atoms with Crippen molar-refractivity contribution < 1.29 is 23.1 Å². The van der Waals surface area contributed by atoms with Crippen LogP contribution in [0.3, 0.4) is 0 Å². The molecule has 1 unspecified atom stereocenters. The number of rotatable bonds is 6. The van der Waals surface area contributed by atoms with Crippen molar-refractivity contribution in [3.8, 4) is 0 Å². The number of alkyl halides is 4. The zero-order valence-electron chi connectivity index (χ0n) is 7.98. The van der Waals surface area contributed by atoms with Crippen molar-refractivity contribution in [1.82, 2.24) is 5.32 Å². The topological polar surface area (TPSA) is 49.3 Å². The first-order chi connectivity index (χ1) is 6.91. The molecule has 0 fully saturated rings. The van der Waals surface area contributed by atoms with Crippen molar-refractivity contribution in [3.05, 3.63) is 0 Å². The van der Waals surface area contributed by atoms with Crippen LogP contribution in [-0.4, -0.2) is 36.2 Å². The Balaban J connectivity index is 3.69. The highest BCUT2D eigenvalue weighted by atomic mass is 35.5. The average Bonchev–Trinajstić information content (AvgIpc) is 2.15. The maximum atomic E-state index is 12.1. The molecule has 0 aromatic rings. The van der Waals surface area contributed by atoms with Crippen LogP contribution in [0.1, 0.15) is 12.8 Å². The predicted octanol–water partition coefficient (Wildman–Crippen LogP) is 1.29. The summed E-state index contributed by atoms with van der Waals surface area (Å²) < 4.78 is 36.3. The fourth-order valence-corrected chi connectivity index (χ4v) is 1.08. The summed E-state index contributed by atoms with van der Waals surface area (Å²) in [5.74, 6) is -2.34. The van der Waals surface area contributed by atoms with Crippen molar-refractivity contribution in [3.63, 3.8) is 0 Å². The molecule has 0 aliphatic heterocycles. The van der Waals surface area contributed by atoms with Gasteiger partial charge in [-0.2, -0.15) is 13.2 Å². The molecular weight excluding hydrogens is 235 g/mol. The molecule has 0 radical (unpaired) electrons. The van der Waals surface area contributed by atoms with E-state index in [4.69, 9.17) is 16.7 Å². The Morgan fingerprint density at radius 2 is 2.07 bits per heavy atom. The third kappa shape index (κ3) is 6.57. The average molecular weight is 248 g/mol. The van der Waals surface area contributed by atoms with Gasteiger partial charge >= 0.3 is 6.18 Å². The van der Waals surface area contributed by atoms with E-state index >= 15 is 0 Å². The Hall–Kier alpha value is -0.490. The van der Waals surface area contributed by atoms with Crippen LogP contribution in [0.25, 0.3) is 0 Å². The molecule has 0 spiro atoms. The van der Waals surface area contributed by atoms with Crippen molar-refractivity contribution in [2.24, 2.45) is 5.92 Å². The second-order valence-corrected chi connectivity index (χ2v) is 3.31. The van der Waals surface area contributed by atoms with Crippen molar-refractivity contribution in [2.45, 2.75) is 19.0 Å². The SMILES string of the molecule is O=C(CCl)NCCCC(CO)C(F)(F)F. The molecule has 90 valence electrons. The number of aliphatic hydroxyl groups is 1. The molecule has 2 N–H and O–H groups in total. The number of carbonyl (C=O) groups excluding carboxylic acids is 1. The molecule has 0 aromatic carbocycles. The van der Waals surface area contributed by atoms with E-state index in [9.17, 15) is 18.0 Å². The third-order valence-electron chi connectivity index (χ3n) is 1.86. The monoisotopic (exact) mass is 247 g/mol. The third-order valence-corrected chi connectivity index (χ3v) is 2.10. The van der Waals surface area contributed by atoms with Crippen molar-refractivity contribution in [1.29, 1.82) is 0 Å². The standard InChI is InChI=1S/C8H13ClF3NO2/c9-4-7(15)13-3-1-2-6(5-14)8(10,11)12/h6,14H,1-5H2,(H,13,15). The molecule has 0 aliphatic carbocycles. The maximum absolute atomic E-state index is 12.1. The Labute approximate surface area is 90.6 Å². The zero-order valence-corrected chi connectivity index (χ0v) is 8.74. The minimum atomic E-state index is -4.38. The van der Waals surface area contributed by atoms with Crippen molar-refractivity contribution >= 4 is 17.5 Å². The molecule has 1 amide bonds. The van der Waals surface area contributed by atoms with Gasteiger partial charge in [0.2, 0.25) is 5.91 Å². The van der Waals surface area contributed by atoms with Crippen LogP contribution in [0.2, 0.25) is 0 Å². The number of hydrogen-bond acceptors (Lipinski definition) is 2. The fraction of sp³-hybridized carbons (Fsp3) is 0.875. The first-order valence-corrected chi connectivity index (χ1v) is 4.95. The highest BCUT2D eigenvalue weighted by Gasteiger charge is 2.38. The van der Waals surface area contributed by atoms with Crippen LogP contribution in [-0.2, 0) is 4.79 Å². The van der Waals surface area contributed by atoms with E-state index in [2.05, 4.69) is 5.32 Å². The predicted molar refractivity (Wildman–Crippen MR) is 49.6 cm³/mol. The molecular formula is C8H13ClF3NO2. The van der Waals surface area contributed by atoms with Crippen LogP contribution in [0, 0.1) is 5.92 Å². The molecule has 0 bridgehead atoms. The first-order valence-electron chi connectivity index (χ1n) is 4.42. The van der Waals surface area contributed by atoms with Gasteiger partial charge in [0.25, 0.3) is 0 Å². The molecule has 0 saturated carbocycles. The molecule has 3 nitrogen and oxygen atoms in total. The summed E-state index contributed by atoms with van der Waals surface area (Å²) in [6.07, 6.45) is -4.43. The van der Waals surface area contributed by atoms with Gasteiger partial charge in [-0.1, -0.05) is 0 Å². The summed E-state index contributed by atoms with van der Waals surface area (Å²) in [6.45, 7) is -0.787. The van der Waals surface area contributed by atoms with Crippen LogP contribution < -0.4 is 5.32 Å². The summed E-state index contributed by atoms with van der Waals surface area (Å²) in [5, 5.41) is 10.8. The number of amides is 1. The minimum absolute atomic E-state index is 0.137. The largest absolute Gasteiger partial charge is 0.396 e. The van der Waals surface area contributed by atoms with Crippen LogP contribution in [0.4, 0.5) is 13.2 Å². The summed E-state index contributed by atoms with van der Waals surface area (Å²) in [4.78, 5) is 10.6. The Kier molecular flexibility index (Phi) is 6.67. The van der Waals surface area contributed by atoms with Gasteiger partial charge in [0, 0.05) is 6.54 Å². The van der Waals surface area contributed by atoms with Gasteiger partial charge in [-0.25, -0.2) is 0 Å². The summed E-state index contributed by atoms with van der Waals surface area (Å²) in [7, 11) is 0. The fourth-order valence-electron chi connectivity index (χ4n) is 0.982. The van der Waals surface area contributed by atoms with Crippen LogP contribution >= 0.6 is 11.6 Å². The lowest BCUT2D eigenvalue weighted by atomic mass is 10.0. The lowest BCUT2D eigenvalue weighted by molar-refractivity contribution is -0.185. The van der Waals surface area contributed by atoms with Gasteiger partial charge in [-0.3, -0.25) is 4.79 Å². The van der Waals surface area contributed by atoms with E-state index in [0.717, 1.165) is 0 Å². The highest BCUT2D eigenvalue weighted by molar-refractivity contribution is 6.27. The van der Waals surface area contributed by atoms with Gasteiger partial charge < -0.3 is 10.4 Å². The second kappa shape index (κ2) is 6.90. The van der Waals surface area contributed by atoms with E-state index in [1.54, 1.807) is 0 Å². The van der Waals surface area contributed by atoms with Gasteiger partial charge in [0.1, 0.15) is 5.88 Å². The number of aliphatic hydroxyl groups excluding tert-OH is 1. The van der Waals surface area contributed by atoms with Crippen LogP contribution in [0.5, 0.6) is 0 Å². The van der Waals surface area contributed by atoms with Gasteiger partial charge in [-0.05, 0) is 12.8 Å². The second-order valence-electron chi connectivity index (χ2n) is 3.05. The van der Waals surface area contributed by atoms with Crippen LogP contribution in [0.15, 0.2) is 0 Å². The lowest BCUT2D eigenvalue weighted by Gasteiger charge is -2.17. The van der Waals surface area contributed by atoms with E-state index in [1.807, 2.05) is 0 Å². The Morgan fingerprint density at radius 3 is 2.47 bits per heavy atom. The van der Waals surface area contributed by atoms with E-state index in [-0.39, 0.29) is 25.3 Å². The number of halogens is 4. The number of carbonyl (C=O) groups is 1. The number of nitrogens with one attached hydrogen (secondary N) is 1. The molecule has 0 saturated heterocycles. The first kappa shape index (κ1) is 14.5. The number of hydrogen-bond donors (Lipinski definition) is 2. The molecule has 0 heterocycles. The van der Waals surface area contributed by atoms with Gasteiger partial charge in [0.15, 0.2) is 0 Å². The van der Waals surface area contributed by atoms with Gasteiger partial charge in [-0.15, -0.1) is 11.6 Å². The Bertz CT molecular complexity index is 199. The quantitative estimate of drug-likeness (QED) is 0.549. The van der Waals surface area contributed by atoms with Gasteiger partial charge in [0.05, 0.1) is 12.5 Å². The lowest BCUT2D eigenvalue weighted by Crippen LogP contribution is -2.29. The normalized spacial score (nSPS) is 13.7. The molecule has 15 heavy (non-hydrogen) atoms. The highest BCUT2D eigenvalue weighted by Crippen LogP contribution is 2.28. The van der Waals surface area contributed by atoms with E-state index < -0.39 is 24.6 Å². The minimum Gasteiger partial charge on any atom is -0.396 e. The molecule has 0 rings (SSSR count). The Morgan fingerprint density at radius 1 is 1.47 bits per heavy atom. The molecule has 1 atom stereocenters. The zero-order chi connectivity index (χ0) is 11.9.